The Kier molecular flexibility index (Phi) is 8.18. The summed E-state index contributed by atoms with van der Waals surface area (Å²) in [6.07, 6.45) is 7.26. The van der Waals surface area contributed by atoms with E-state index < -0.39 is 0 Å². The second-order valence-electron chi connectivity index (χ2n) is 7.55. The summed E-state index contributed by atoms with van der Waals surface area (Å²) in [6.45, 7) is 3.86. The number of nitrogens with one attached hydrogen (secondary N) is 1. The van der Waals surface area contributed by atoms with Crippen molar-refractivity contribution in [1.82, 2.24) is 19.9 Å². The summed E-state index contributed by atoms with van der Waals surface area (Å²) in [6, 6.07) is 12.2. The van der Waals surface area contributed by atoms with Crippen molar-refractivity contribution in [1.29, 1.82) is 0 Å². The Morgan fingerprint density at radius 2 is 2.06 bits per heavy atom. The van der Waals surface area contributed by atoms with Gasteiger partial charge in [0.15, 0.2) is 0 Å². The van der Waals surface area contributed by atoms with Crippen molar-refractivity contribution in [3.8, 4) is 11.3 Å². The Morgan fingerprint density at radius 1 is 1.23 bits per heavy atom. The number of hydrogen-bond donors (Lipinski definition) is 1. The maximum atomic E-state index is 13.5. The first-order valence-electron chi connectivity index (χ1n) is 10.5. The van der Waals surface area contributed by atoms with Crippen LogP contribution in [-0.2, 0) is 4.79 Å². The van der Waals surface area contributed by atoms with E-state index in [9.17, 15) is 9.18 Å². The van der Waals surface area contributed by atoms with Crippen molar-refractivity contribution in [3.63, 3.8) is 0 Å². The number of likely N-dealkylation sites (tertiary alicyclic amines) is 1. The van der Waals surface area contributed by atoms with Gasteiger partial charge in [0.1, 0.15) is 23.7 Å². The zero-order valence-electron chi connectivity index (χ0n) is 18.0. The molecule has 0 spiro atoms. The molecule has 1 saturated heterocycles. The van der Waals surface area contributed by atoms with E-state index >= 15 is 0 Å². The van der Waals surface area contributed by atoms with Crippen LogP contribution in [0.1, 0.15) is 37.9 Å². The number of piperidine rings is 1. The molecule has 3 aromatic rings. The molecular formula is C24H28FN5O. The number of anilines is 2. The molecule has 0 amide bonds. The predicted octanol–water partition coefficient (Wildman–Crippen LogP) is 4.83. The van der Waals surface area contributed by atoms with E-state index in [1.165, 1.54) is 12.1 Å². The minimum absolute atomic E-state index is 0.282. The molecule has 3 heterocycles. The molecule has 1 aromatic carbocycles. The molecule has 0 bridgehead atoms. The van der Waals surface area contributed by atoms with E-state index in [4.69, 9.17) is 9.97 Å². The normalized spacial score (nSPS) is 16.2. The third-order valence-corrected chi connectivity index (χ3v) is 4.95. The van der Waals surface area contributed by atoms with Gasteiger partial charge in [-0.2, -0.15) is 0 Å². The van der Waals surface area contributed by atoms with Gasteiger partial charge in [0.25, 0.3) is 0 Å². The molecule has 0 saturated carbocycles. The minimum Gasteiger partial charge on any atom is -0.340 e. The molecule has 1 N–H and O–H groups in total. The number of rotatable bonds is 5. The summed E-state index contributed by atoms with van der Waals surface area (Å²) < 4.78 is 13.5. The number of hydrogen-bond acceptors (Lipinski definition) is 6. The maximum Gasteiger partial charge on any atom is 0.135 e. The maximum absolute atomic E-state index is 13.5. The topological polar surface area (TPSA) is 71.0 Å². The Labute approximate surface area is 182 Å². The lowest BCUT2D eigenvalue weighted by atomic mass is 9.97. The van der Waals surface area contributed by atoms with Crippen LogP contribution in [-0.4, -0.2) is 46.3 Å². The molecule has 1 aliphatic rings. The number of carbonyl (C=O) groups is 1. The average Bonchev–Trinajstić information content (AvgIpc) is 2.80. The first-order chi connectivity index (χ1) is 15.1. The molecule has 4 rings (SSSR count). The fourth-order valence-electron chi connectivity index (χ4n) is 3.47. The predicted molar refractivity (Wildman–Crippen MR) is 121 cm³/mol. The molecular weight excluding hydrogens is 393 g/mol. The zero-order valence-corrected chi connectivity index (χ0v) is 18.0. The lowest BCUT2D eigenvalue weighted by Gasteiger charge is -2.29. The molecule has 31 heavy (non-hydrogen) atoms. The first-order valence-corrected chi connectivity index (χ1v) is 10.5. The van der Waals surface area contributed by atoms with Crippen molar-refractivity contribution in [2.75, 3.05) is 25.5 Å². The van der Waals surface area contributed by atoms with Gasteiger partial charge < -0.3 is 15.0 Å². The van der Waals surface area contributed by atoms with Crippen LogP contribution >= 0.6 is 0 Å². The quantitative estimate of drug-likeness (QED) is 0.595. The van der Waals surface area contributed by atoms with Crippen LogP contribution in [0.5, 0.6) is 0 Å². The van der Waals surface area contributed by atoms with Crippen LogP contribution in [0, 0.1) is 5.82 Å². The lowest BCUT2D eigenvalue weighted by molar-refractivity contribution is -0.107. The number of nitrogens with zero attached hydrogens (tertiary/aromatic N) is 4. The Hall–Kier alpha value is -3.19. The molecule has 2 aromatic heterocycles. The van der Waals surface area contributed by atoms with E-state index in [0.717, 1.165) is 49.3 Å². The summed E-state index contributed by atoms with van der Waals surface area (Å²) in [4.78, 5) is 25.3. The van der Waals surface area contributed by atoms with E-state index in [-0.39, 0.29) is 11.7 Å². The lowest BCUT2D eigenvalue weighted by Crippen LogP contribution is -2.31. The monoisotopic (exact) mass is 421 g/mol. The van der Waals surface area contributed by atoms with E-state index in [1.807, 2.05) is 31.2 Å². The highest BCUT2D eigenvalue weighted by atomic mass is 19.1. The fourth-order valence-corrected chi connectivity index (χ4v) is 3.47. The molecule has 1 aliphatic heterocycles. The SMILES string of the molecule is CCC=O.CN1CCCC(c2nc(Nc3cccc(F)c3)cc(-c3cccnc3)n2)C1. The van der Waals surface area contributed by atoms with Gasteiger partial charge in [0.2, 0.25) is 0 Å². The Balaban J connectivity index is 0.000000628. The summed E-state index contributed by atoms with van der Waals surface area (Å²) in [5.74, 6) is 1.49. The van der Waals surface area contributed by atoms with Gasteiger partial charge in [-0.1, -0.05) is 13.0 Å². The van der Waals surface area contributed by atoms with Gasteiger partial charge >= 0.3 is 0 Å². The molecule has 7 heteroatoms. The highest BCUT2D eigenvalue weighted by Crippen LogP contribution is 2.28. The summed E-state index contributed by atoms with van der Waals surface area (Å²) >= 11 is 0. The molecule has 0 aliphatic carbocycles. The number of aldehydes is 1. The number of likely N-dealkylation sites (N-methyl/N-ethyl adjacent to an activating group) is 1. The van der Waals surface area contributed by atoms with Crippen molar-refractivity contribution >= 4 is 17.8 Å². The number of aromatic nitrogens is 3. The van der Waals surface area contributed by atoms with Gasteiger partial charge in [0.05, 0.1) is 5.69 Å². The molecule has 162 valence electrons. The smallest absolute Gasteiger partial charge is 0.135 e. The number of benzene rings is 1. The van der Waals surface area contributed by atoms with Crippen molar-refractivity contribution in [3.05, 3.63) is 66.5 Å². The van der Waals surface area contributed by atoms with Gasteiger partial charge in [-0.05, 0) is 56.8 Å². The zero-order chi connectivity index (χ0) is 22.1. The second-order valence-corrected chi connectivity index (χ2v) is 7.55. The Morgan fingerprint density at radius 3 is 2.74 bits per heavy atom. The summed E-state index contributed by atoms with van der Waals surface area (Å²) in [7, 11) is 2.13. The molecule has 1 fully saturated rings. The standard InChI is InChI=1S/C21H22FN5.C3H6O/c1-27-10-4-6-16(14-27)21-25-19(15-5-3-9-23-13-15)12-20(26-21)24-18-8-2-7-17(22)11-18;1-2-3-4/h2-3,5,7-9,11-13,16H,4,6,10,14H2,1H3,(H,24,25,26);3H,2H2,1H3. The van der Waals surface area contributed by atoms with Crippen LogP contribution in [0.2, 0.25) is 0 Å². The third kappa shape index (κ3) is 6.65. The highest BCUT2D eigenvalue weighted by Gasteiger charge is 2.22. The Bertz CT molecular complexity index is 983. The molecule has 1 atom stereocenters. The van der Waals surface area contributed by atoms with Crippen molar-refractivity contribution < 1.29 is 9.18 Å². The van der Waals surface area contributed by atoms with Crippen LogP contribution in [0.15, 0.2) is 54.9 Å². The van der Waals surface area contributed by atoms with Gasteiger partial charge in [-0.25, -0.2) is 14.4 Å². The molecule has 6 nitrogen and oxygen atoms in total. The van der Waals surface area contributed by atoms with Crippen molar-refractivity contribution in [2.45, 2.75) is 32.1 Å². The van der Waals surface area contributed by atoms with E-state index in [1.54, 1.807) is 18.5 Å². The van der Waals surface area contributed by atoms with Crippen LogP contribution < -0.4 is 5.32 Å². The van der Waals surface area contributed by atoms with E-state index in [2.05, 4.69) is 22.2 Å². The summed E-state index contributed by atoms with van der Waals surface area (Å²) in [5, 5.41) is 3.22. The summed E-state index contributed by atoms with van der Waals surface area (Å²) in [5.41, 5.74) is 2.42. The van der Waals surface area contributed by atoms with Gasteiger partial charge in [-0.15, -0.1) is 0 Å². The first kappa shape index (κ1) is 22.5. The number of pyridine rings is 1. The number of halogens is 1. The van der Waals surface area contributed by atoms with E-state index in [0.29, 0.717) is 17.9 Å². The fraction of sp³-hybridized carbons (Fsp3) is 0.333. The van der Waals surface area contributed by atoms with Gasteiger partial charge in [-0.3, -0.25) is 4.98 Å². The third-order valence-electron chi connectivity index (χ3n) is 4.95. The largest absolute Gasteiger partial charge is 0.340 e. The van der Waals surface area contributed by atoms with Crippen LogP contribution in [0.3, 0.4) is 0 Å². The molecule has 0 radical (unpaired) electrons. The minimum atomic E-state index is -0.282. The van der Waals surface area contributed by atoms with Crippen molar-refractivity contribution in [2.24, 2.45) is 0 Å². The van der Waals surface area contributed by atoms with Crippen LogP contribution in [0.4, 0.5) is 15.9 Å². The molecule has 1 unspecified atom stereocenters. The second kappa shape index (κ2) is 11.3. The van der Waals surface area contributed by atoms with Gasteiger partial charge in [0, 0.05) is 48.6 Å². The highest BCUT2D eigenvalue weighted by molar-refractivity contribution is 5.65. The average molecular weight is 422 g/mol. The van der Waals surface area contributed by atoms with Crippen LogP contribution in [0.25, 0.3) is 11.3 Å². The number of carbonyl (C=O) groups excluding carboxylic acids is 1.